The molecule has 3 heteroatoms. The number of carbonyl (C=O) groups excluding carboxylic acids is 1. The third-order valence-electron chi connectivity index (χ3n) is 2.99. The zero-order valence-corrected chi connectivity index (χ0v) is 9.44. The summed E-state index contributed by atoms with van der Waals surface area (Å²) in [5, 5.41) is 11.6. The average Bonchev–Trinajstić information content (AvgIpc) is 3.11. The number of aliphatic hydroxyl groups is 1. The number of rotatable bonds is 4. The van der Waals surface area contributed by atoms with Crippen LogP contribution in [0.5, 0.6) is 0 Å². The number of benzene rings is 1. The van der Waals surface area contributed by atoms with Gasteiger partial charge in [-0.15, -0.1) is 0 Å². The van der Waals surface area contributed by atoms with Gasteiger partial charge in [-0.05, 0) is 31.2 Å². The first-order valence-corrected chi connectivity index (χ1v) is 5.67. The molecule has 0 spiro atoms. The van der Waals surface area contributed by atoms with E-state index < -0.39 is 6.61 Å². The van der Waals surface area contributed by atoms with E-state index in [-0.39, 0.29) is 11.9 Å². The molecule has 0 heterocycles. The van der Waals surface area contributed by atoms with Crippen molar-refractivity contribution in [1.29, 1.82) is 0 Å². The molecule has 0 aromatic heterocycles. The summed E-state index contributed by atoms with van der Waals surface area (Å²) in [6.45, 7) is 1.61. The van der Waals surface area contributed by atoms with E-state index in [1.807, 2.05) is 6.92 Å². The highest BCUT2D eigenvalue weighted by atomic mass is 16.3. The molecule has 1 aliphatic rings. The Labute approximate surface area is 95.5 Å². The standard InChI is InChI=1S/C13H17NO2/c1-9-2-4-10(5-3-9)13(11-6-7-11)14-12(16)8-15/h2-5,11,13,15H,6-8H2,1H3,(H,14,16). The minimum absolute atomic E-state index is 0.0697. The second kappa shape index (κ2) is 4.66. The predicted octanol–water partition coefficient (Wildman–Crippen LogP) is 1.55. The molecule has 1 aliphatic carbocycles. The summed E-state index contributed by atoms with van der Waals surface area (Å²) in [6.07, 6.45) is 2.31. The molecule has 1 amide bonds. The van der Waals surface area contributed by atoms with Crippen LogP contribution in [-0.4, -0.2) is 17.6 Å². The van der Waals surface area contributed by atoms with Crippen molar-refractivity contribution in [3.63, 3.8) is 0 Å². The van der Waals surface area contributed by atoms with E-state index in [2.05, 4.69) is 29.6 Å². The summed E-state index contributed by atoms with van der Waals surface area (Å²) >= 11 is 0. The molecule has 1 saturated carbocycles. The SMILES string of the molecule is Cc1ccc(C(NC(=O)CO)C2CC2)cc1. The van der Waals surface area contributed by atoms with Crippen molar-refractivity contribution in [3.05, 3.63) is 35.4 Å². The van der Waals surface area contributed by atoms with Gasteiger partial charge in [-0.3, -0.25) is 4.79 Å². The van der Waals surface area contributed by atoms with E-state index in [0.29, 0.717) is 5.92 Å². The average molecular weight is 219 g/mol. The fraction of sp³-hybridized carbons (Fsp3) is 0.462. The Morgan fingerprint density at radius 3 is 2.56 bits per heavy atom. The van der Waals surface area contributed by atoms with E-state index in [4.69, 9.17) is 5.11 Å². The smallest absolute Gasteiger partial charge is 0.246 e. The van der Waals surface area contributed by atoms with Crippen molar-refractivity contribution < 1.29 is 9.90 Å². The van der Waals surface area contributed by atoms with Crippen LogP contribution < -0.4 is 5.32 Å². The molecule has 0 saturated heterocycles. The van der Waals surface area contributed by atoms with Crippen LogP contribution in [0.2, 0.25) is 0 Å². The summed E-state index contributed by atoms with van der Waals surface area (Å²) in [4.78, 5) is 11.2. The molecule has 1 fully saturated rings. The number of hydrogen-bond donors (Lipinski definition) is 2. The van der Waals surface area contributed by atoms with E-state index in [1.54, 1.807) is 0 Å². The van der Waals surface area contributed by atoms with Gasteiger partial charge in [0.25, 0.3) is 0 Å². The summed E-state index contributed by atoms with van der Waals surface area (Å²) < 4.78 is 0. The van der Waals surface area contributed by atoms with E-state index >= 15 is 0 Å². The second-order valence-corrected chi connectivity index (χ2v) is 4.45. The largest absolute Gasteiger partial charge is 0.387 e. The molecule has 1 aromatic rings. The van der Waals surface area contributed by atoms with E-state index in [1.165, 1.54) is 5.56 Å². The van der Waals surface area contributed by atoms with Gasteiger partial charge in [-0.2, -0.15) is 0 Å². The monoisotopic (exact) mass is 219 g/mol. The lowest BCUT2D eigenvalue weighted by atomic mass is 10.0. The molecule has 1 aromatic carbocycles. The van der Waals surface area contributed by atoms with Crippen molar-refractivity contribution in [3.8, 4) is 0 Å². The molecule has 1 unspecified atom stereocenters. The van der Waals surface area contributed by atoms with Crippen LogP contribution in [0.1, 0.15) is 30.0 Å². The quantitative estimate of drug-likeness (QED) is 0.807. The van der Waals surface area contributed by atoms with Crippen LogP contribution >= 0.6 is 0 Å². The molecule has 2 rings (SSSR count). The van der Waals surface area contributed by atoms with Crippen molar-refractivity contribution in [2.45, 2.75) is 25.8 Å². The molecular weight excluding hydrogens is 202 g/mol. The van der Waals surface area contributed by atoms with Gasteiger partial charge >= 0.3 is 0 Å². The molecule has 86 valence electrons. The van der Waals surface area contributed by atoms with Gasteiger partial charge in [0.2, 0.25) is 5.91 Å². The Morgan fingerprint density at radius 1 is 1.44 bits per heavy atom. The van der Waals surface area contributed by atoms with Gasteiger partial charge in [0.15, 0.2) is 0 Å². The topological polar surface area (TPSA) is 49.3 Å². The van der Waals surface area contributed by atoms with Crippen LogP contribution in [0.15, 0.2) is 24.3 Å². The highest BCUT2D eigenvalue weighted by Gasteiger charge is 2.33. The van der Waals surface area contributed by atoms with Crippen molar-refractivity contribution in [1.82, 2.24) is 5.32 Å². The number of nitrogens with one attached hydrogen (secondary N) is 1. The van der Waals surface area contributed by atoms with Crippen LogP contribution in [0, 0.1) is 12.8 Å². The lowest BCUT2D eigenvalue weighted by Crippen LogP contribution is -2.31. The maximum atomic E-state index is 11.2. The number of amides is 1. The van der Waals surface area contributed by atoms with Gasteiger partial charge in [-0.1, -0.05) is 29.8 Å². The molecule has 2 N–H and O–H groups in total. The van der Waals surface area contributed by atoms with Crippen LogP contribution in [0.25, 0.3) is 0 Å². The van der Waals surface area contributed by atoms with E-state index in [9.17, 15) is 4.79 Å². The molecule has 0 bridgehead atoms. The Bertz CT molecular complexity index is 368. The van der Waals surface area contributed by atoms with Gasteiger partial charge in [-0.25, -0.2) is 0 Å². The Hall–Kier alpha value is -1.35. The summed E-state index contributed by atoms with van der Waals surface area (Å²) in [6, 6.07) is 8.28. The maximum Gasteiger partial charge on any atom is 0.246 e. The Balaban J connectivity index is 2.12. The van der Waals surface area contributed by atoms with Crippen molar-refractivity contribution in [2.75, 3.05) is 6.61 Å². The molecule has 0 aliphatic heterocycles. The first kappa shape index (κ1) is 11.1. The number of carbonyl (C=O) groups is 1. The van der Waals surface area contributed by atoms with Gasteiger partial charge < -0.3 is 10.4 Å². The van der Waals surface area contributed by atoms with Crippen molar-refractivity contribution in [2.24, 2.45) is 5.92 Å². The maximum absolute atomic E-state index is 11.2. The summed E-state index contributed by atoms with van der Waals surface area (Å²) in [5.41, 5.74) is 2.35. The minimum atomic E-state index is -0.435. The lowest BCUT2D eigenvalue weighted by molar-refractivity contribution is -0.124. The first-order chi connectivity index (χ1) is 7.70. The second-order valence-electron chi connectivity index (χ2n) is 4.45. The fourth-order valence-corrected chi connectivity index (χ4v) is 1.90. The highest BCUT2D eigenvalue weighted by Crippen LogP contribution is 2.40. The van der Waals surface area contributed by atoms with Gasteiger partial charge in [0.05, 0.1) is 6.04 Å². The molecule has 3 nitrogen and oxygen atoms in total. The predicted molar refractivity (Wildman–Crippen MR) is 61.9 cm³/mol. The third-order valence-corrected chi connectivity index (χ3v) is 2.99. The Morgan fingerprint density at radius 2 is 2.06 bits per heavy atom. The van der Waals surface area contributed by atoms with Crippen LogP contribution in [-0.2, 0) is 4.79 Å². The Kier molecular flexibility index (Phi) is 3.25. The fourth-order valence-electron chi connectivity index (χ4n) is 1.90. The first-order valence-electron chi connectivity index (χ1n) is 5.67. The zero-order chi connectivity index (χ0) is 11.5. The minimum Gasteiger partial charge on any atom is -0.387 e. The van der Waals surface area contributed by atoms with E-state index in [0.717, 1.165) is 18.4 Å². The highest BCUT2D eigenvalue weighted by molar-refractivity contribution is 5.77. The number of hydrogen-bond acceptors (Lipinski definition) is 2. The van der Waals surface area contributed by atoms with Crippen molar-refractivity contribution >= 4 is 5.91 Å². The molecule has 16 heavy (non-hydrogen) atoms. The zero-order valence-electron chi connectivity index (χ0n) is 9.44. The summed E-state index contributed by atoms with van der Waals surface area (Å²) in [5.74, 6) is 0.246. The normalized spacial score (nSPS) is 16.9. The lowest BCUT2D eigenvalue weighted by Gasteiger charge is -2.18. The van der Waals surface area contributed by atoms with Gasteiger partial charge in [0, 0.05) is 0 Å². The molecule has 1 atom stereocenters. The summed E-state index contributed by atoms with van der Waals surface area (Å²) in [7, 11) is 0. The number of aliphatic hydroxyl groups excluding tert-OH is 1. The van der Waals surface area contributed by atoms with Crippen LogP contribution in [0.3, 0.4) is 0 Å². The van der Waals surface area contributed by atoms with Crippen LogP contribution in [0.4, 0.5) is 0 Å². The molecular formula is C13H17NO2. The third kappa shape index (κ3) is 2.61. The van der Waals surface area contributed by atoms with Gasteiger partial charge in [0.1, 0.15) is 6.61 Å². The molecule has 0 radical (unpaired) electrons. The number of aryl methyl sites for hydroxylation is 1.